The zero-order valence-electron chi connectivity index (χ0n) is 11.2. The van der Waals surface area contributed by atoms with Gasteiger partial charge in [0, 0.05) is 37.5 Å². The van der Waals surface area contributed by atoms with Crippen LogP contribution in [0.2, 0.25) is 0 Å². The van der Waals surface area contributed by atoms with Crippen molar-refractivity contribution < 1.29 is 9.84 Å². The van der Waals surface area contributed by atoms with Crippen molar-refractivity contribution in [2.75, 3.05) is 20.3 Å². The van der Waals surface area contributed by atoms with E-state index in [2.05, 4.69) is 10.3 Å². The van der Waals surface area contributed by atoms with Gasteiger partial charge in [-0.2, -0.15) is 0 Å². The van der Waals surface area contributed by atoms with E-state index in [1.807, 2.05) is 19.1 Å². The van der Waals surface area contributed by atoms with Crippen LogP contribution in [0.5, 0.6) is 5.75 Å². The predicted octanol–water partition coefficient (Wildman–Crippen LogP) is 1.65. The van der Waals surface area contributed by atoms with Gasteiger partial charge < -0.3 is 15.2 Å². The summed E-state index contributed by atoms with van der Waals surface area (Å²) < 4.78 is 5.23. The van der Waals surface area contributed by atoms with Gasteiger partial charge in [0.05, 0.1) is 12.8 Å². The topological polar surface area (TPSA) is 54.4 Å². The van der Waals surface area contributed by atoms with Crippen LogP contribution in [0.4, 0.5) is 0 Å². The molecular weight excluding hydrogens is 228 g/mol. The Balaban J connectivity index is 1.85. The van der Waals surface area contributed by atoms with E-state index in [1.54, 1.807) is 7.11 Å². The number of methoxy groups -OCH3 is 1. The number of nitrogens with zero attached hydrogens (tertiary/aromatic N) is 1. The van der Waals surface area contributed by atoms with Crippen LogP contribution in [0.25, 0.3) is 0 Å². The van der Waals surface area contributed by atoms with Crippen LogP contribution in [0.1, 0.15) is 30.7 Å². The lowest BCUT2D eigenvalue weighted by Crippen LogP contribution is -2.24. The number of aryl methyl sites for hydroxylation is 1. The van der Waals surface area contributed by atoms with E-state index in [1.165, 1.54) is 12.8 Å². The third kappa shape index (κ3) is 3.43. The van der Waals surface area contributed by atoms with E-state index in [0.717, 1.165) is 36.6 Å². The van der Waals surface area contributed by atoms with E-state index in [9.17, 15) is 0 Å². The third-order valence-electron chi connectivity index (χ3n) is 3.62. The number of aliphatic hydroxyl groups is 1. The molecule has 0 bridgehead atoms. The van der Waals surface area contributed by atoms with E-state index in [0.29, 0.717) is 5.41 Å². The highest BCUT2D eigenvalue weighted by Crippen LogP contribution is 2.47. The molecule has 1 aliphatic carbocycles. The van der Waals surface area contributed by atoms with Crippen molar-refractivity contribution in [2.24, 2.45) is 5.41 Å². The maximum absolute atomic E-state index is 9.01. The molecule has 1 aromatic heterocycles. The lowest BCUT2D eigenvalue weighted by molar-refractivity contribution is 0.245. The zero-order valence-corrected chi connectivity index (χ0v) is 11.2. The van der Waals surface area contributed by atoms with Gasteiger partial charge in [-0.3, -0.25) is 4.98 Å². The van der Waals surface area contributed by atoms with Crippen LogP contribution in [0, 0.1) is 12.3 Å². The first kappa shape index (κ1) is 13.3. The number of hydrogen-bond acceptors (Lipinski definition) is 4. The summed E-state index contributed by atoms with van der Waals surface area (Å²) in [4.78, 5) is 4.48. The van der Waals surface area contributed by atoms with Gasteiger partial charge in [-0.25, -0.2) is 0 Å². The molecule has 1 heterocycles. The van der Waals surface area contributed by atoms with Crippen LogP contribution < -0.4 is 10.1 Å². The molecule has 100 valence electrons. The Labute approximate surface area is 108 Å². The smallest absolute Gasteiger partial charge is 0.122 e. The molecule has 18 heavy (non-hydrogen) atoms. The maximum Gasteiger partial charge on any atom is 0.122 e. The molecule has 0 saturated heterocycles. The molecule has 0 aliphatic heterocycles. The third-order valence-corrected chi connectivity index (χ3v) is 3.62. The second-order valence-electron chi connectivity index (χ2n) is 5.22. The minimum atomic E-state index is 0.290. The van der Waals surface area contributed by atoms with Crippen molar-refractivity contribution in [2.45, 2.75) is 32.7 Å². The Morgan fingerprint density at radius 1 is 1.44 bits per heavy atom. The van der Waals surface area contributed by atoms with E-state index in [4.69, 9.17) is 9.84 Å². The van der Waals surface area contributed by atoms with Gasteiger partial charge in [-0.05, 0) is 31.6 Å². The summed E-state index contributed by atoms with van der Waals surface area (Å²) in [5.74, 6) is 0.857. The first-order chi connectivity index (χ1) is 8.67. The minimum Gasteiger partial charge on any atom is -0.497 e. The Morgan fingerprint density at radius 2 is 2.22 bits per heavy atom. The van der Waals surface area contributed by atoms with Crippen molar-refractivity contribution in [1.29, 1.82) is 0 Å². The second kappa shape index (κ2) is 5.67. The van der Waals surface area contributed by atoms with E-state index >= 15 is 0 Å². The molecule has 1 aliphatic rings. The van der Waals surface area contributed by atoms with Gasteiger partial charge in [-0.15, -0.1) is 0 Å². The fourth-order valence-corrected chi connectivity index (χ4v) is 2.30. The number of nitrogens with one attached hydrogen (secondary N) is 1. The second-order valence-corrected chi connectivity index (χ2v) is 5.22. The highest BCUT2D eigenvalue weighted by Gasteiger charge is 2.41. The summed E-state index contributed by atoms with van der Waals surface area (Å²) in [6, 6.07) is 3.89. The van der Waals surface area contributed by atoms with E-state index in [-0.39, 0.29) is 6.61 Å². The van der Waals surface area contributed by atoms with Crippen LogP contribution in [-0.2, 0) is 6.54 Å². The summed E-state index contributed by atoms with van der Waals surface area (Å²) >= 11 is 0. The first-order valence-electron chi connectivity index (χ1n) is 6.51. The largest absolute Gasteiger partial charge is 0.497 e. The van der Waals surface area contributed by atoms with Crippen molar-refractivity contribution in [3.05, 3.63) is 23.5 Å². The highest BCUT2D eigenvalue weighted by molar-refractivity contribution is 5.26. The molecule has 4 heteroatoms. The average molecular weight is 250 g/mol. The molecule has 2 N–H and O–H groups in total. The minimum absolute atomic E-state index is 0.290. The van der Waals surface area contributed by atoms with Crippen LogP contribution >= 0.6 is 0 Å². The molecule has 0 unspecified atom stereocenters. The lowest BCUT2D eigenvalue weighted by atomic mass is 10.0. The number of aromatic nitrogens is 1. The number of hydrogen-bond donors (Lipinski definition) is 2. The average Bonchev–Trinajstić information content (AvgIpc) is 3.09. The highest BCUT2D eigenvalue weighted by atomic mass is 16.5. The van der Waals surface area contributed by atoms with Crippen molar-refractivity contribution in [3.8, 4) is 5.75 Å². The number of ether oxygens (including phenoxy) is 1. The molecule has 0 spiro atoms. The van der Waals surface area contributed by atoms with Crippen molar-refractivity contribution in [1.82, 2.24) is 10.3 Å². The summed E-state index contributed by atoms with van der Waals surface area (Å²) in [5, 5.41) is 12.4. The van der Waals surface area contributed by atoms with Gasteiger partial charge in [0.25, 0.3) is 0 Å². The van der Waals surface area contributed by atoms with E-state index < -0.39 is 0 Å². The molecule has 1 saturated carbocycles. The summed E-state index contributed by atoms with van der Waals surface area (Å²) in [5.41, 5.74) is 2.33. The normalized spacial score (nSPS) is 16.6. The van der Waals surface area contributed by atoms with Gasteiger partial charge in [-0.1, -0.05) is 0 Å². The molecule has 0 aromatic carbocycles. The lowest BCUT2D eigenvalue weighted by Gasteiger charge is -2.14. The fourth-order valence-electron chi connectivity index (χ4n) is 2.30. The summed E-state index contributed by atoms with van der Waals surface area (Å²) in [6.07, 6.45) is 3.36. The molecule has 4 nitrogen and oxygen atoms in total. The molecule has 2 rings (SSSR count). The molecule has 1 fully saturated rings. The molecular formula is C14H22N2O2. The van der Waals surface area contributed by atoms with Crippen LogP contribution in [-0.4, -0.2) is 30.4 Å². The number of pyridine rings is 1. The number of aliphatic hydroxyl groups excluding tert-OH is 1. The fraction of sp³-hybridized carbons (Fsp3) is 0.643. The summed E-state index contributed by atoms with van der Waals surface area (Å²) in [6.45, 7) is 3.98. The van der Waals surface area contributed by atoms with Gasteiger partial charge in [0.1, 0.15) is 5.75 Å². The first-order valence-corrected chi connectivity index (χ1v) is 6.51. The van der Waals surface area contributed by atoms with Crippen LogP contribution in [0.15, 0.2) is 12.1 Å². The van der Waals surface area contributed by atoms with Gasteiger partial charge >= 0.3 is 0 Å². The maximum atomic E-state index is 9.01. The Hall–Kier alpha value is -1.13. The molecule has 1 aromatic rings. The van der Waals surface area contributed by atoms with Crippen molar-refractivity contribution >= 4 is 0 Å². The van der Waals surface area contributed by atoms with Gasteiger partial charge in [0.15, 0.2) is 0 Å². The van der Waals surface area contributed by atoms with Gasteiger partial charge in [0.2, 0.25) is 0 Å². The standard InChI is InChI=1S/C14H22N2O2/c1-11-7-13(18-2)8-12(16-11)9-15-10-14(3-4-14)5-6-17/h7-8,15,17H,3-6,9-10H2,1-2H3. The summed E-state index contributed by atoms with van der Waals surface area (Å²) in [7, 11) is 1.67. The predicted molar refractivity (Wildman–Crippen MR) is 70.6 cm³/mol. The monoisotopic (exact) mass is 250 g/mol. The molecule has 0 atom stereocenters. The Bertz CT molecular complexity index is 403. The van der Waals surface area contributed by atoms with Crippen molar-refractivity contribution in [3.63, 3.8) is 0 Å². The molecule has 0 amide bonds. The Morgan fingerprint density at radius 3 is 2.83 bits per heavy atom. The Kier molecular flexibility index (Phi) is 4.19. The quantitative estimate of drug-likeness (QED) is 0.772. The molecule has 0 radical (unpaired) electrons. The number of rotatable bonds is 7. The van der Waals surface area contributed by atoms with Crippen LogP contribution in [0.3, 0.4) is 0 Å². The SMILES string of the molecule is COc1cc(C)nc(CNCC2(CCO)CC2)c1. The zero-order chi connectivity index (χ0) is 13.0.